The molecule has 1 N–H and O–H groups in total. The van der Waals surface area contributed by atoms with Crippen molar-refractivity contribution in [3.63, 3.8) is 0 Å². The van der Waals surface area contributed by atoms with Crippen molar-refractivity contribution < 1.29 is 14.7 Å². The fourth-order valence-electron chi connectivity index (χ4n) is 2.17. The molecule has 92 valence electrons. The Morgan fingerprint density at radius 3 is 2.38 bits per heavy atom. The van der Waals surface area contributed by atoms with Crippen LogP contribution in [0, 0.1) is 5.92 Å². The highest BCUT2D eigenvalue weighted by Crippen LogP contribution is 2.22. The first-order valence-corrected chi connectivity index (χ1v) is 6.01. The Morgan fingerprint density at radius 1 is 1.31 bits per heavy atom. The molecule has 1 unspecified atom stereocenters. The smallest absolute Gasteiger partial charge is 0.306 e. The van der Waals surface area contributed by atoms with Gasteiger partial charge in [-0.15, -0.1) is 0 Å². The van der Waals surface area contributed by atoms with Crippen molar-refractivity contribution in [2.75, 3.05) is 7.05 Å². The van der Waals surface area contributed by atoms with Gasteiger partial charge in [0.2, 0.25) is 5.91 Å². The summed E-state index contributed by atoms with van der Waals surface area (Å²) in [4.78, 5) is 24.2. The summed E-state index contributed by atoms with van der Waals surface area (Å²) in [5.74, 6) is -1.52. The number of carboxylic acid groups (broad SMARTS) is 1. The lowest BCUT2D eigenvalue weighted by Gasteiger charge is -2.31. The van der Waals surface area contributed by atoms with Crippen LogP contribution < -0.4 is 0 Å². The third-order valence-corrected chi connectivity index (χ3v) is 3.42. The molecule has 16 heavy (non-hydrogen) atoms. The lowest BCUT2D eigenvalue weighted by Crippen LogP contribution is -2.39. The zero-order valence-corrected chi connectivity index (χ0v) is 10.1. The number of rotatable bonds is 4. The normalized spacial score (nSPS) is 19.1. The Balaban J connectivity index is 2.43. The number of nitrogens with zero attached hydrogens (tertiary/aromatic N) is 1. The molecule has 1 amide bonds. The van der Waals surface area contributed by atoms with Crippen molar-refractivity contribution in [3.8, 4) is 0 Å². The Kier molecular flexibility index (Phi) is 4.77. The first kappa shape index (κ1) is 13.0. The van der Waals surface area contributed by atoms with Gasteiger partial charge in [0, 0.05) is 19.5 Å². The zero-order valence-electron chi connectivity index (χ0n) is 10.1. The summed E-state index contributed by atoms with van der Waals surface area (Å²) in [6, 6.07) is 0.322. The maximum atomic E-state index is 11.8. The van der Waals surface area contributed by atoms with Gasteiger partial charge >= 0.3 is 5.97 Å². The molecule has 1 rings (SSSR count). The Labute approximate surface area is 96.6 Å². The molecule has 0 radical (unpaired) electrons. The van der Waals surface area contributed by atoms with Crippen molar-refractivity contribution in [1.82, 2.24) is 4.90 Å². The summed E-state index contributed by atoms with van der Waals surface area (Å²) in [7, 11) is 1.80. The minimum Gasteiger partial charge on any atom is -0.481 e. The fourth-order valence-corrected chi connectivity index (χ4v) is 2.17. The van der Waals surface area contributed by atoms with Crippen molar-refractivity contribution in [2.24, 2.45) is 5.92 Å². The Morgan fingerprint density at radius 2 is 1.88 bits per heavy atom. The topological polar surface area (TPSA) is 57.6 Å². The van der Waals surface area contributed by atoms with Gasteiger partial charge in [0.05, 0.1) is 5.92 Å². The predicted molar refractivity (Wildman–Crippen MR) is 61.1 cm³/mol. The molecule has 1 atom stereocenters. The van der Waals surface area contributed by atoms with Crippen LogP contribution >= 0.6 is 0 Å². The van der Waals surface area contributed by atoms with Crippen LogP contribution in [0.25, 0.3) is 0 Å². The zero-order chi connectivity index (χ0) is 12.1. The molecule has 4 heteroatoms. The second-order valence-corrected chi connectivity index (χ2v) is 4.74. The number of carboxylic acids is 1. The lowest BCUT2D eigenvalue weighted by atomic mass is 9.94. The molecule has 0 aromatic rings. The van der Waals surface area contributed by atoms with Crippen LogP contribution in [-0.4, -0.2) is 35.0 Å². The third kappa shape index (κ3) is 3.51. The highest BCUT2D eigenvalue weighted by molar-refractivity contribution is 5.82. The lowest BCUT2D eigenvalue weighted by molar-refractivity contribution is -0.145. The number of carbonyl (C=O) groups excluding carboxylic acids is 1. The second-order valence-electron chi connectivity index (χ2n) is 4.74. The molecule has 0 saturated heterocycles. The molecule has 0 aromatic carbocycles. The maximum Gasteiger partial charge on any atom is 0.306 e. The van der Waals surface area contributed by atoms with Gasteiger partial charge in [0.25, 0.3) is 0 Å². The monoisotopic (exact) mass is 227 g/mol. The highest BCUT2D eigenvalue weighted by Gasteiger charge is 2.24. The number of hydrogen-bond donors (Lipinski definition) is 1. The van der Waals surface area contributed by atoms with Gasteiger partial charge in [-0.1, -0.05) is 26.2 Å². The van der Waals surface area contributed by atoms with Crippen LogP contribution in [0.15, 0.2) is 0 Å². The standard InChI is InChI=1S/C12H21NO3/c1-9(12(15)16)8-11(14)13(2)10-6-4-3-5-7-10/h9-10H,3-8H2,1-2H3,(H,15,16). The van der Waals surface area contributed by atoms with E-state index >= 15 is 0 Å². The quantitative estimate of drug-likeness (QED) is 0.797. The van der Waals surface area contributed by atoms with E-state index in [2.05, 4.69) is 0 Å². The Bertz CT molecular complexity index is 259. The molecule has 1 saturated carbocycles. The average Bonchev–Trinajstić information content (AvgIpc) is 2.28. The molecular formula is C12H21NO3. The van der Waals surface area contributed by atoms with Crippen molar-refractivity contribution in [2.45, 2.75) is 51.5 Å². The third-order valence-electron chi connectivity index (χ3n) is 3.42. The summed E-state index contributed by atoms with van der Waals surface area (Å²) < 4.78 is 0. The van der Waals surface area contributed by atoms with Crippen molar-refractivity contribution >= 4 is 11.9 Å². The van der Waals surface area contributed by atoms with Crippen LogP contribution in [0.1, 0.15) is 45.4 Å². The minimum atomic E-state index is -0.898. The SMILES string of the molecule is CC(CC(=O)N(C)C1CCCCC1)C(=O)O. The van der Waals surface area contributed by atoms with Gasteiger partial charge in [-0.05, 0) is 12.8 Å². The van der Waals surface area contributed by atoms with E-state index in [1.54, 1.807) is 18.9 Å². The molecule has 0 bridgehead atoms. The molecule has 0 aliphatic heterocycles. The molecule has 1 aliphatic carbocycles. The van der Waals surface area contributed by atoms with E-state index in [-0.39, 0.29) is 12.3 Å². The highest BCUT2D eigenvalue weighted by atomic mass is 16.4. The van der Waals surface area contributed by atoms with E-state index < -0.39 is 11.9 Å². The first-order chi connectivity index (χ1) is 7.52. The van der Waals surface area contributed by atoms with Gasteiger partial charge in [0.15, 0.2) is 0 Å². The van der Waals surface area contributed by atoms with Crippen LogP contribution in [0.5, 0.6) is 0 Å². The summed E-state index contributed by atoms with van der Waals surface area (Å²) in [5, 5.41) is 8.75. The van der Waals surface area contributed by atoms with Crippen molar-refractivity contribution in [1.29, 1.82) is 0 Å². The molecule has 1 aliphatic rings. The molecular weight excluding hydrogens is 206 g/mol. The van der Waals surface area contributed by atoms with E-state index in [0.29, 0.717) is 6.04 Å². The molecule has 4 nitrogen and oxygen atoms in total. The van der Waals surface area contributed by atoms with E-state index in [9.17, 15) is 9.59 Å². The largest absolute Gasteiger partial charge is 0.481 e. The minimum absolute atomic E-state index is 0.0400. The van der Waals surface area contributed by atoms with E-state index in [1.807, 2.05) is 0 Å². The summed E-state index contributed by atoms with van der Waals surface area (Å²) in [5.41, 5.74) is 0. The molecule has 0 spiro atoms. The Hall–Kier alpha value is -1.06. The number of carbonyl (C=O) groups is 2. The first-order valence-electron chi connectivity index (χ1n) is 6.01. The summed E-state index contributed by atoms with van der Waals surface area (Å²) in [6.07, 6.45) is 5.84. The molecule has 0 aromatic heterocycles. The van der Waals surface area contributed by atoms with E-state index in [1.165, 1.54) is 19.3 Å². The number of amides is 1. The number of aliphatic carboxylic acids is 1. The van der Waals surface area contributed by atoms with Crippen LogP contribution in [0.2, 0.25) is 0 Å². The summed E-state index contributed by atoms with van der Waals surface area (Å²) in [6.45, 7) is 1.58. The molecule has 0 heterocycles. The van der Waals surface area contributed by atoms with Gasteiger partial charge in [0.1, 0.15) is 0 Å². The fraction of sp³-hybridized carbons (Fsp3) is 0.833. The van der Waals surface area contributed by atoms with E-state index in [0.717, 1.165) is 12.8 Å². The van der Waals surface area contributed by atoms with Gasteiger partial charge in [-0.25, -0.2) is 0 Å². The van der Waals surface area contributed by atoms with Crippen LogP contribution in [-0.2, 0) is 9.59 Å². The van der Waals surface area contributed by atoms with Gasteiger partial charge < -0.3 is 10.0 Å². The average molecular weight is 227 g/mol. The van der Waals surface area contributed by atoms with Crippen LogP contribution in [0.4, 0.5) is 0 Å². The van der Waals surface area contributed by atoms with Crippen molar-refractivity contribution in [3.05, 3.63) is 0 Å². The predicted octanol–water partition coefficient (Wildman–Crippen LogP) is 1.89. The van der Waals surface area contributed by atoms with Gasteiger partial charge in [-0.2, -0.15) is 0 Å². The van der Waals surface area contributed by atoms with Gasteiger partial charge in [-0.3, -0.25) is 9.59 Å². The van der Waals surface area contributed by atoms with Crippen LogP contribution in [0.3, 0.4) is 0 Å². The van der Waals surface area contributed by atoms with E-state index in [4.69, 9.17) is 5.11 Å². The second kappa shape index (κ2) is 5.87. The summed E-state index contributed by atoms with van der Waals surface area (Å²) >= 11 is 0. The maximum absolute atomic E-state index is 11.8. The number of hydrogen-bond acceptors (Lipinski definition) is 2. The molecule has 1 fully saturated rings.